The van der Waals surface area contributed by atoms with Gasteiger partial charge in [-0.3, -0.25) is 38.4 Å². The van der Waals surface area contributed by atoms with Crippen LogP contribution in [-0.4, -0.2) is 139 Å². The summed E-state index contributed by atoms with van der Waals surface area (Å²) < 4.78 is 14.1. The highest BCUT2D eigenvalue weighted by Crippen LogP contribution is 2.41. The van der Waals surface area contributed by atoms with Crippen LogP contribution in [-0.2, 0) is 90.0 Å². The summed E-state index contributed by atoms with van der Waals surface area (Å²) in [5, 5.41) is 25.7. The highest BCUT2D eigenvalue weighted by molar-refractivity contribution is 5.99. The predicted octanol–water partition coefficient (Wildman–Crippen LogP) is 8.82. The van der Waals surface area contributed by atoms with Gasteiger partial charge >= 0.3 is 12.1 Å². The summed E-state index contributed by atoms with van der Waals surface area (Å²) in [6.07, 6.45) is 4.56. The van der Waals surface area contributed by atoms with Crippen molar-refractivity contribution < 1.29 is 57.4 Å². The number of benzene rings is 7. The molecule has 2 aromatic heterocycles. The van der Waals surface area contributed by atoms with E-state index in [0.717, 1.165) is 16.7 Å². The molecule has 9 amide bonds. The lowest BCUT2D eigenvalue weighted by Gasteiger charge is -2.37. The van der Waals surface area contributed by atoms with Crippen LogP contribution < -0.4 is 47.9 Å². The van der Waals surface area contributed by atoms with Crippen molar-refractivity contribution in [2.75, 3.05) is 7.11 Å². The molecule has 25 nitrogen and oxygen atoms in total. The van der Waals surface area contributed by atoms with Crippen molar-refractivity contribution in [3.63, 3.8) is 0 Å². The van der Waals surface area contributed by atoms with E-state index in [1.165, 1.54) is 26.6 Å². The van der Waals surface area contributed by atoms with Gasteiger partial charge in [-0.2, -0.15) is 0 Å². The number of amides is 9. The van der Waals surface area contributed by atoms with Crippen LogP contribution >= 0.6 is 0 Å². The first-order chi connectivity index (χ1) is 54.6. The van der Waals surface area contributed by atoms with E-state index in [-0.39, 0.29) is 19.3 Å². The van der Waals surface area contributed by atoms with E-state index in [1.807, 2.05) is 193 Å². The minimum Gasteiger partial charge on any atom is -0.467 e. The fourth-order valence-corrected chi connectivity index (χ4v) is 13.9. The Kier molecular flexibility index (Phi) is 29.7. The molecule has 0 aliphatic heterocycles. The number of alkyl carbamates (subject to hydrolysis) is 1. The molecule has 0 fully saturated rings. The first-order valence-electron chi connectivity index (χ1n) is 38.4. The summed E-state index contributed by atoms with van der Waals surface area (Å²) in [6.45, 7) is 16.7. The first-order valence-corrected chi connectivity index (χ1v) is 38.4. The molecule has 114 heavy (non-hydrogen) atoms. The van der Waals surface area contributed by atoms with Gasteiger partial charge in [-0.1, -0.05) is 260 Å². The zero-order valence-electron chi connectivity index (χ0n) is 66.6. The number of methoxy groups -OCH3 is 1. The van der Waals surface area contributed by atoms with E-state index >= 15 is 28.8 Å². The molecule has 598 valence electrons. The largest absolute Gasteiger partial charge is 0.467 e. The monoisotopic (exact) mass is 1550 g/mol. The average Bonchev–Trinajstić information content (AvgIpc) is 1.32. The molecule has 0 saturated heterocycles. The van der Waals surface area contributed by atoms with E-state index in [2.05, 4.69) is 52.8 Å². The maximum Gasteiger partial charge on any atom is 0.408 e. The third-order valence-corrected chi connectivity index (χ3v) is 20.1. The molecule has 25 heteroatoms. The fraction of sp³-hybridized carbons (Fsp3) is 0.348. The molecule has 7 aromatic carbocycles. The third-order valence-electron chi connectivity index (χ3n) is 20.1. The zero-order valence-corrected chi connectivity index (χ0v) is 66.6. The molecule has 0 bridgehead atoms. The smallest absolute Gasteiger partial charge is 0.408 e. The Balaban J connectivity index is 1.11. The minimum absolute atomic E-state index is 0.137. The van der Waals surface area contributed by atoms with E-state index in [0.29, 0.717) is 40.1 Å². The average molecular weight is 1550 g/mol. The van der Waals surface area contributed by atoms with Gasteiger partial charge in [-0.25, -0.2) is 19.6 Å². The second kappa shape index (κ2) is 39.6. The molecule has 0 aliphatic rings. The molecule has 9 atom stereocenters. The Labute approximate surface area is 666 Å². The number of ether oxygens (including phenoxy) is 2. The fourth-order valence-electron chi connectivity index (χ4n) is 13.9. The number of esters is 1. The topological polar surface area (TPSA) is 333 Å². The van der Waals surface area contributed by atoms with Crippen molar-refractivity contribution in [3.05, 3.63) is 288 Å². The Morgan fingerprint density at radius 1 is 0.439 bits per heavy atom. The van der Waals surface area contributed by atoms with Crippen LogP contribution in [0, 0.1) is 17.8 Å². The number of nitrogens with zero attached hydrogens (tertiary/aromatic N) is 4. The maximum atomic E-state index is 15.9. The van der Waals surface area contributed by atoms with Crippen molar-refractivity contribution in [1.29, 1.82) is 0 Å². The van der Waals surface area contributed by atoms with Crippen molar-refractivity contribution in [2.24, 2.45) is 24.8 Å². The predicted molar refractivity (Wildman–Crippen MR) is 433 cm³/mol. The third kappa shape index (κ3) is 21.8. The zero-order chi connectivity index (χ0) is 82.3. The molecular formula is C89H105N13O12. The lowest BCUT2D eigenvalue weighted by Crippen LogP contribution is -2.62. The Bertz CT molecular complexity index is 4500. The molecular weight excluding hydrogens is 1440 g/mol. The van der Waals surface area contributed by atoms with Crippen molar-refractivity contribution in [3.8, 4) is 0 Å². The van der Waals surface area contributed by atoms with Crippen LogP contribution in [0.25, 0.3) is 0 Å². The van der Waals surface area contributed by atoms with Crippen LogP contribution in [0.3, 0.4) is 0 Å². The first kappa shape index (κ1) is 85.5. The standard InChI is InChI=1S/C89H105N13O12/c1-13-59(6)77(84(110)92-60(7)85(111)113-12)99-83(109)76(58(4)5)98-80(106)70(49-61-35-21-14-22-36-61)93-78(104)71(50-68-54-102(56-91-68)89(65-43-29-18-30-44-65,66-45-31-19-32-46-66)67-47-33-20-34-48-67)95-82(108)75(57(2)3)97-81(107)73(94-79(105)72(51-69-53-90-55-101(69)11)96-86(112)114-87(8,9)10)52-74(103)100-88(62-37-23-15-24-38-62,63-39-25-16-26-40-63)64-41-27-17-28-42-64/h14-48,53-60,70-73,75-77H,13,49-52H2,1-12H3,(H,92,110)(H,93,104)(H,94,105)(H,95,108)(H,96,112)(H,97,107)(H,98,106)(H,99,109)(H,100,103)/t59-,60-,70+,71-,72-,73-,75+,76+,77-/m0/s1. The highest BCUT2D eigenvalue weighted by atomic mass is 16.6. The van der Waals surface area contributed by atoms with E-state index in [1.54, 1.807) is 110 Å². The van der Waals surface area contributed by atoms with Gasteiger partial charge in [0.05, 0.1) is 31.9 Å². The van der Waals surface area contributed by atoms with Gasteiger partial charge in [-0.05, 0) is 84.4 Å². The molecule has 0 radical (unpaired) electrons. The number of hydrogen-bond acceptors (Lipinski definition) is 14. The molecule has 9 rings (SSSR count). The second-order valence-corrected chi connectivity index (χ2v) is 30.2. The Morgan fingerprint density at radius 3 is 1.25 bits per heavy atom. The number of rotatable bonds is 36. The van der Waals surface area contributed by atoms with Crippen LogP contribution in [0.1, 0.15) is 132 Å². The summed E-state index contributed by atoms with van der Waals surface area (Å²) in [5.41, 5.74) is 2.45. The quantitative estimate of drug-likeness (QED) is 0.0131. The molecule has 0 unspecified atom stereocenters. The maximum absolute atomic E-state index is 15.9. The number of aromatic nitrogens is 4. The molecule has 0 spiro atoms. The number of nitrogens with one attached hydrogen (secondary N) is 9. The van der Waals surface area contributed by atoms with Gasteiger partial charge in [0, 0.05) is 44.4 Å². The summed E-state index contributed by atoms with van der Waals surface area (Å²) in [5.74, 6) is -9.17. The van der Waals surface area contributed by atoms with Crippen LogP contribution in [0.15, 0.2) is 237 Å². The Morgan fingerprint density at radius 2 is 0.825 bits per heavy atom. The van der Waals surface area contributed by atoms with Gasteiger partial charge in [0.2, 0.25) is 47.3 Å². The number of aryl methyl sites for hydroxylation is 1. The van der Waals surface area contributed by atoms with Crippen LogP contribution in [0.5, 0.6) is 0 Å². The highest BCUT2D eigenvalue weighted by Gasteiger charge is 2.43. The number of carbonyl (C=O) groups is 10. The molecule has 9 aromatic rings. The van der Waals surface area contributed by atoms with E-state index < -0.39 is 149 Å². The number of imidazole rings is 2. The summed E-state index contributed by atoms with van der Waals surface area (Å²) in [6, 6.07) is 54.6. The van der Waals surface area contributed by atoms with Gasteiger partial charge in [0.15, 0.2) is 0 Å². The minimum atomic E-state index is -1.80. The van der Waals surface area contributed by atoms with Crippen molar-refractivity contribution >= 4 is 59.3 Å². The number of hydrogen-bond donors (Lipinski definition) is 9. The molecule has 2 heterocycles. The lowest BCUT2D eigenvalue weighted by atomic mass is 9.77. The second-order valence-electron chi connectivity index (χ2n) is 30.2. The van der Waals surface area contributed by atoms with Crippen LogP contribution in [0.4, 0.5) is 4.79 Å². The Hall–Kier alpha value is -12.5. The lowest BCUT2D eigenvalue weighted by molar-refractivity contribution is -0.145. The van der Waals surface area contributed by atoms with Gasteiger partial charge in [0.25, 0.3) is 0 Å². The summed E-state index contributed by atoms with van der Waals surface area (Å²) in [4.78, 5) is 157. The molecule has 9 N–H and O–H groups in total. The van der Waals surface area contributed by atoms with E-state index in [4.69, 9.17) is 14.5 Å². The summed E-state index contributed by atoms with van der Waals surface area (Å²) in [7, 11) is 2.89. The van der Waals surface area contributed by atoms with Gasteiger partial charge < -0.3 is 66.5 Å². The SMILES string of the molecule is CC[C@H](C)[C@H](NC(=O)[C@H](NC(=O)[C@@H](Cc1ccccc1)NC(=O)[C@H](Cc1cn(C(c2ccccc2)(c2ccccc2)c2ccccc2)cn1)NC(=O)[C@H](NC(=O)[C@H](CC(=O)NC(c1ccccc1)(c1ccccc1)c1ccccc1)NC(=O)[C@H](Cc1cncn1C)NC(=O)OC(C)(C)C)C(C)C)C(C)C)C(=O)N[C@@H](C)C(=O)OC. The van der Waals surface area contributed by atoms with E-state index in [9.17, 15) is 19.2 Å². The summed E-state index contributed by atoms with van der Waals surface area (Å²) >= 11 is 0. The normalized spacial score (nSPS) is 14.0. The molecule has 0 aliphatic carbocycles. The van der Waals surface area contributed by atoms with Crippen LogP contribution in [0.2, 0.25) is 0 Å². The van der Waals surface area contributed by atoms with Crippen molar-refractivity contribution in [1.82, 2.24) is 67.0 Å². The van der Waals surface area contributed by atoms with Crippen molar-refractivity contribution in [2.45, 2.75) is 166 Å². The van der Waals surface area contributed by atoms with Gasteiger partial charge in [-0.15, -0.1) is 0 Å². The number of carbonyl (C=O) groups excluding carboxylic acids is 10. The molecule has 0 saturated carbocycles. The van der Waals surface area contributed by atoms with Gasteiger partial charge in [0.1, 0.15) is 65.0 Å².